The smallest absolute Gasteiger partial charge is 0.155 e. The number of allylic oxidation sites excluding steroid dienone is 2. The van der Waals surface area contributed by atoms with E-state index in [-0.39, 0.29) is 5.78 Å². The van der Waals surface area contributed by atoms with Gasteiger partial charge in [-0.2, -0.15) is 0 Å². The number of hydrogen-bond acceptors (Lipinski definition) is 1. The van der Waals surface area contributed by atoms with Crippen LogP contribution in [-0.4, -0.2) is 5.78 Å². The maximum absolute atomic E-state index is 11.7. The summed E-state index contributed by atoms with van der Waals surface area (Å²) in [6.45, 7) is 4.47. The summed E-state index contributed by atoms with van der Waals surface area (Å²) in [5.74, 6) is 0.960. The van der Waals surface area contributed by atoms with E-state index >= 15 is 0 Å². The normalized spacial score (nSPS) is 16.6. The number of carbonyl (C=O) groups excluding carboxylic acids is 1. The molecule has 0 aromatic heterocycles. The SMILES string of the molecule is CC(C)Cc1cccc(C2=CC(=O)CCCC2)c1. The zero-order chi connectivity index (χ0) is 13.0. The first-order valence-corrected chi connectivity index (χ1v) is 6.98. The van der Waals surface area contributed by atoms with Crippen LogP contribution in [0.3, 0.4) is 0 Å². The molecular weight excluding hydrogens is 220 g/mol. The fraction of sp³-hybridized carbons (Fsp3) is 0.471. The molecule has 0 aliphatic heterocycles. The fourth-order valence-corrected chi connectivity index (χ4v) is 2.55. The molecule has 0 saturated heterocycles. The van der Waals surface area contributed by atoms with Crippen LogP contribution in [0.15, 0.2) is 30.3 Å². The maximum atomic E-state index is 11.7. The summed E-state index contributed by atoms with van der Waals surface area (Å²) in [7, 11) is 0. The lowest BCUT2D eigenvalue weighted by atomic mass is 9.96. The molecule has 2 rings (SSSR count). The van der Waals surface area contributed by atoms with E-state index in [1.165, 1.54) is 16.7 Å². The monoisotopic (exact) mass is 242 g/mol. The minimum absolute atomic E-state index is 0.289. The van der Waals surface area contributed by atoms with Crippen molar-refractivity contribution >= 4 is 11.4 Å². The van der Waals surface area contributed by atoms with Crippen molar-refractivity contribution in [2.45, 2.75) is 46.0 Å². The Bertz CT molecular complexity index is 454. The van der Waals surface area contributed by atoms with Gasteiger partial charge in [-0.05, 0) is 54.4 Å². The summed E-state index contributed by atoms with van der Waals surface area (Å²) < 4.78 is 0. The average molecular weight is 242 g/mol. The van der Waals surface area contributed by atoms with Gasteiger partial charge in [-0.3, -0.25) is 4.79 Å². The van der Waals surface area contributed by atoms with Crippen molar-refractivity contribution < 1.29 is 4.79 Å². The minimum atomic E-state index is 0.289. The molecule has 1 aromatic carbocycles. The van der Waals surface area contributed by atoms with Gasteiger partial charge in [0.2, 0.25) is 0 Å². The summed E-state index contributed by atoms with van der Waals surface area (Å²) in [5, 5.41) is 0. The van der Waals surface area contributed by atoms with Crippen LogP contribution in [0.2, 0.25) is 0 Å². The first-order valence-electron chi connectivity index (χ1n) is 6.98. The number of hydrogen-bond donors (Lipinski definition) is 0. The van der Waals surface area contributed by atoms with Crippen LogP contribution < -0.4 is 0 Å². The Kier molecular flexibility index (Phi) is 4.35. The second-order valence-corrected chi connectivity index (χ2v) is 5.64. The molecule has 96 valence electrons. The van der Waals surface area contributed by atoms with Crippen LogP contribution in [0.1, 0.15) is 50.7 Å². The third-order valence-corrected chi connectivity index (χ3v) is 3.40. The van der Waals surface area contributed by atoms with Crippen LogP contribution in [0.5, 0.6) is 0 Å². The topological polar surface area (TPSA) is 17.1 Å². The lowest BCUT2D eigenvalue weighted by Gasteiger charge is -2.09. The molecule has 0 atom stereocenters. The molecule has 0 radical (unpaired) electrons. The van der Waals surface area contributed by atoms with Crippen molar-refractivity contribution in [3.63, 3.8) is 0 Å². The van der Waals surface area contributed by atoms with Crippen LogP contribution in [0, 0.1) is 5.92 Å². The third kappa shape index (κ3) is 3.56. The molecule has 0 bridgehead atoms. The van der Waals surface area contributed by atoms with E-state index in [4.69, 9.17) is 0 Å². The van der Waals surface area contributed by atoms with Crippen molar-refractivity contribution in [2.24, 2.45) is 5.92 Å². The van der Waals surface area contributed by atoms with E-state index in [2.05, 4.69) is 38.1 Å². The highest BCUT2D eigenvalue weighted by Crippen LogP contribution is 2.25. The van der Waals surface area contributed by atoms with E-state index in [1.807, 2.05) is 6.08 Å². The summed E-state index contributed by atoms with van der Waals surface area (Å²) in [6, 6.07) is 8.69. The third-order valence-electron chi connectivity index (χ3n) is 3.40. The van der Waals surface area contributed by atoms with Crippen molar-refractivity contribution in [1.29, 1.82) is 0 Å². The van der Waals surface area contributed by atoms with Gasteiger partial charge in [0.15, 0.2) is 5.78 Å². The van der Waals surface area contributed by atoms with E-state index in [9.17, 15) is 4.79 Å². The molecule has 0 heterocycles. The maximum Gasteiger partial charge on any atom is 0.155 e. The largest absolute Gasteiger partial charge is 0.295 e. The highest BCUT2D eigenvalue weighted by Gasteiger charge is 2.10. The van der Waals surface area contributed by atoms with E-state index in [0.29, 0.717) is 5.92 Å². The van der Waals surface area contributed by atoms with Gasteiger partial charge in [-0.1, -0.05) is 38.1 Å². The van der Waals surface area contributed by atoms with Gasteiger partial charge in [0.05, 0.1) is 0 Å². The molecule has 1 nitrogen and oxygen atoms in total. The highest BCUT2D eigenvalue weighted by atomic mass is 16.1. The van der Waals surface area contributed by atoms with Gasteiger partial charge in [-0.25, -0.2) is 0 Å². The zero-order valence-corrected chi connectivity index (χ0v) is 11.4. The first kappa shape index (κ1) is 13.1. The second kappa shape index (κ2) is 5.99. The Morgan fingerprint density at radius 1 is 1.17 bits per heavy atom. The van der Waals surface area contributed by atoms with Gasteiger partial charge in [0.25, 0.3) is 0 Å². The summed E-state index contributed by atoms with van der Waals surface area (Å²) in [5.41, 5.74) is 3.84. The molecule has 0 unspecified atom stereocenters. The van der Waals surface area contributed by atoms with Crippen molar-refractivity contribution in [2.75, 3.05) is 0 Å². The Hall–Kier alpha value is -1.37. The molecule has 0 N–H and O–H groups in total. The van der Waals surface area contributed by atoms with Crippen LogP contribution in [0.4, 0.5) is 0 Å². The summed E-state index contributed by atoms with van der Waals surface area (Å²) in [6.07, 6.45) is 6.89. The van der Waals surface area contributed by atoms with Crippen LogP contribution in [-0.2, 0) is 11.2 Å². The number of rotatable bonds is 3. The molecule has 1 aliphatic rings. The van der Waals surface area contributed by atoms with Gasteiger partial charge < -0.3 is 0 Å². The van der Waals surface area contributed by atoms with Gasteiger partial charge >= 0.3 is 0 Å². The van der Waals surface area contributed by atoms with E-state index in [0.717, 1.165) is 32.1 Å². The number of benzene rings is 1. The minimum Gasteiger partial charge on any atom is -0.295 e. The predicted molar refractivity (Wildman–Crippen MR) is 76.4 cm³/mol. The van der Waals surface area contributed by atoms with E-state index in [1.54, 1.807) is 0 Å². The van der Waals surface area contributed by atoms with Crippen molar-refractivity contribution in [3.05, 3.63) is 41.5 Å². The molecule has 0 fully saturated rings. The lowest BCUT2D eigenvalue weighted by molar-refractivity contribution is -0.114. The molecule has 0 saturated carbocycles. The number of carbonyl (C=O) groups is 1. The van der Waals surface area contributed by atoms with Crippen molar-refractivity contribution in [3.8, 4) is 0 Å². The predicted octanol–water partition coefficient (Wildman–Crippen LogP) is 4.41. The van der Waals surface area contributed by atoms with Crippen LogP contribution >= 0.6 is 0 Å². The van der Waals surface area contributed by atoms with Gasteiger partial charge in [0.1, 0.15) is 0 Å². The standard InChI is InChI=1S/C17H22O/c1-13(2)10-14-6-5-8-15(11-14)16-7-3-4-9-17(18)12-16/h5-6,8,11-13H,3-4,7,9-10H2,1-2H3. The Balaban J connectivity index is 2.24. The van der Waals surface area contributed by atoms with Crippen LogP contribution in [0.25, 0.3) is 5.57 Å². The summed E-state index contributed by atoms with van der Waals surface area (Å²) >= 11 is 0. The van der Waals surface area contributed by atoms with Crippen molar-refractivity contribution in [1.82, 2.24) is 0 Å². The summed E-state index contributed by atoms with van der Waals surface area (Å²) in [4.78, 5) is 11.7. The first-order chi connectivity index (χ1) is 8.65. The lowest BCUT2D eigenvalue weighted by Crippen LogP contribution is -1.96. The number of ketones is 1. The Labute approximate surface area is 110 Å². The molecule has 18 heavy (non-hydrogen) atoms. The highest BCUT2D eigenvalue weighted by molar-refractivity contribution is 5.97. The molecular formula is C17H22O. The molecule has 1 aromatic rings. The quantitative estimate of drug-likeness (QED) is 0.767. The Morgan fingerprint density at radius 2 is 1.94 bits per heavy atom. The fourth-order valence-electron chi connectivity index (χ4n) is 2.55. The molecule has 1 aliphatic carbocycles. The van der Waals surface area contributed by atoms with Gasteiger partial charge in [-0.15, -0.1) is 0 Å². The van der Waals surface area contributed by atoms with E-state index < -0.39 is 0 Å². The molecule has 1 heteroatoms. The average Bonchev–Trinajstić information content (AvgIpc) is 2.53. The second-order valence-electron chi connectivity index (χ2n) is 5.64. The molecule has 0 amide bonds. The zero-order valence-electron chi connectivity index (χ0n) is 11.4. The Morgan fingerprint density at radius 3 is 2.72 bits per heavy atom. The molecule has 0 spiro atoms. The van der Waals surface area contributed by atoms with Gasteiger partial charge in [0, 0.05) is 6.42 Å².